The van der Waals surface area contributed by atoms with Crippen molar-refractivity contribution in [1.82, 2.24) is 0 Å². The molecule has 2 N–H and O–H groups in total. The Morgan fingerprint density at radius 3 is 2.80 bits per heavy atom. The molecule has 0 amide bonds. The zero-order chi connectivity index (χ0) is 11.0. The van der Waals surface area contributed by atoms with Crippen molar-refractivity contribution in [3.05, 3.63) is 23.1 Å². The molecule has 0 aliphatic carbocycles. The monoisotopic (exact) mass is 224 g/mol. The van der Waals surface area contributed by atoms with Crippen LogP contribution in [0.1, 0.15) is 9.67 Å². The molecule has 2 rings (SSSR count). The van der Waals surface area contributed by atoms with Crippen molar-refractivity contribution in [2.75, 3.05) is 7.11 Å². The van der Waals surface area contributed by atoms with Gasteiger partial charge in [-0.1, -0.05) is 0 Å². The molecule has 0 aliphatic rings. The highest BCUT2D eigenvalue weighted by atomic mass is 32.1. The summed E-state index contributed by atoms with van der Waals surface area (Å²) in [6, 6.07) is 4.67. The molecule has 0 saturated carbocycles. The molecule has 15 heavy (non-hydrogen) atoms. The maximum absolute atomic E-state index is 10.9. The number of rotatable bonds is 2. The summed E-state index contributed by atoms with van der Waals surface area (Å²) in [6.45, 7) is 0. The van der Waals surface area contributed by atoms with Crippen LogP contribution in [0.3, 0.4) is 0 Å². The molecule has 1 heterocycles. The van der Waals surface area contributed by atoms with Crippen LogP contribution < -0.4 is 4.74 Å². The fourth-order valence-corrected chi connectivity index (χ4v) is 2.45. The van der Waals surface area contributed by atoms with Gasteiger partial charge in [0.1, 0.15) is 5.75 Å². The second kappa shape index (κ2) is 3.43. The lowest BCUT2D eigenvalue weighted by molar-refractivity contribution is 0.0699. The zero-order valence-electron chi connectivity index (χ0n) is 7.85. The fraction of sp³-hybridized carbons (Fsp3) is 0.100. The van der Waals surface area contributed by atoms with E-state index in [-0.39, 0.29) is 10.6 Å². The molecule has 0 fully saturated rings. The van der Waals surface area contributed by atoms with Crippen molar-refractivity contribution in [3.8, 4) is 11.5 Å². The number of carboxylic acid groups (broad SMARTS) is 1. The molecule has 0 bridgehead atoms. The number of aromatic carboxylic acids is 1. The Bertz CT molecular complexity index is 529. The smallest absolute Gasteiger partial charge is 0.349 e. The van der Waals surface area contributed by atoms with Gasteiger partial charge in [-0.25, -0.2) is 4.79 Å². The second-order valence-electron chi connectivity index (χ2n) is 2.95. The molecule has 1 aromatic carbocycles. The van der Waals surface area contributed by atoms with Gasteiger partial charge in [-0.15, -0.1) is 11.3 Å². The van der Waals surface area contributed by atoms with E-state index < -0.39 is 5.97 Å². The summed E-state index contributed by atoms with van der Waals surface area (Å²) >= 11 is 1.09. The van der Waals surface area contributed by atoms with Gasteiger partial charge in [-0.2, -0.15) is 0 Å². The molecular formula is C10H8O4S. The molecule has 0 aliphatic heterocycles. The number of hydrogen-bond donors (Lipinski definition) is 2. The van der Waals surface area contributed by atoms with Crippen LogP contribution in [0.5, 0.6) is 11.5 Å². The Morgan fingerprint density at radius 1 is 1.47 bits per heavy atom. The Kier molecular flexibility index (Phi) is 2.24. The lowest BCUT2D eigenvalue weighted by Gasteiger charge is -1.98. The molecule has 1 aromatic heterocycles. The molecule has 0 saturated heterocycles. The minimum atomic E-state index is -1.02. The predicted molar refractivity (Wildman–Crippen MR) is 57.0 cm³/mol. The van der Waals surface area contributed by atoms with Gasteiger partial charge < -0.3 is 14.9 Å². The highest BCUT2D eigenvalue weighted by Gasteiger charge is 2.18. The molecule has 0 unspecified atom stereocenters. The molecular weight excluding hydrogens is 216 g/mol. The van der Waals surface area contributed by atoms with E-state index in [2.05, 4.69) is 0 Å². The van der Waals surface area contributed by atoms with Crippen LogP contribution in [-0.2, 0) is 0 Å². The van der Waals surface area contributed by atoms with Crippen LogP contribution in [0, 0.1) is 0 Å². The minimum absolute atomic E-state index is 0.114. The standard InChI is InChI=1S/C10H8O4S/c1-14-8-6-3-2-5(11)4-7(6)15-9(8)10(12)13/h2-4,11H,1H3,(H,12,13). The summed E-state index contributed by atoms with van der Waals surface area (Å²) in [4.78, 5) is 11.1. The van der Waals surface area contributed by atoms with E-state index in [0.29, 0.717) is 15.8 Å². The van der Waals surface area contributed by atoms with Gasteiger partial charge in [-0.05, 0) is 18.2 Å². The Hall–Kier alpha value is -1.75. The van der Waals surface area contributed by atoms with E-state index in [1.807, 2.05) is 0 Å². The van der Waals surface area contributed by atoms with E-state index >= 15 is 0 Å². The predicted octanol–water partition coefficient (Wildman–Crippen LogP) is 2.31. The lowest BCUT2D eigenvalue weighted by Crippen LogP contribution is -1.95. The van der Waals surface area contributed by atoms with Gasteiger partial charge in [0.2, 0.25) is 0 Å². The number of fused-ring (bicyclic) bond motifs is 1. The average molecular weight is 224 g/mol. The van der Waals surface area contributed by atoms with Gasteiger partial charge in [0.15, 0.2) is 10.6 Å². The van der Waals surface area contributed by atoms with Crippen LogP contribution in [0.2, 0.25) is 0 Å². The minimum Gasteiger partial charge on any atom is -0.508 e. The number of carbonyl (C=O) groups is 1. The van der Waals surface area contributed by atoms with Gasteiger partial charge in [-0.3, -0.25) is 0 Å². The third-order valence-electron chi connectivity index (χ3n) is 2.03. The summed E-state index contributed by atoms with van der Waals surface area (Å²) < 4.78 is 5.75. The summed E-state index contributed by atoms with van der Waals surface area (Å²) in [7, 11) is 1.43. The number of thiophene rings is 1. The molecule has 5 heteroatoms. The number of ether oxygens (including phenoxy) is 1. The molecule has 78 valence electrons. The van der Waals surface area contributed by atoms with Crippen molar-refractivity contribution in [3.63, 3.8) is 0 Å². The van der Waals surface area contributed by atoms with E-state index in [1.165, 1.54) is 19.2 Å². The summed E-state index contributed by atoms with van der Waals surface area (Å²) in [6.07, 6.45) is 0. The largest absolute Gasteiger partial charge is 0.508 e. The lowest BCUT2D eigenvalue weighted by atomic mass is 10.2. The number of phenolic OH excluding ortho intramolecular Hbond substituents is 1. The third-order valence-corrected chi connectivity index (χ3v) is 3.15. The summed E-state index contributed by atoms with van der Waals surface area (Å²) in [5.74, 6) is -0.557. The first-order valence-corrected chi connectivity index (χ1v) is 4.98. The van der Waals surface area contributed by atoms with Gasteiger partial charge in [0.25, 0.3) is 0 Å². The molecule has 0 atom stereocenters. The summed E-state index contributed by atoms with van der Waals surface area (Å²) in [5.41, 5.74) is 0. The Balaban J connectivity index is 2.78. The first-order valence-electron chi connectivity index (χ1n) is 4.16. The summed E-state index contributed by atoms with van der Waals surface area (Å²) in [5, 5.41) is 18.9. The number of aromatic hydroxyl groups is 1. The van der Waals surface area contributed by atoms with Crippen molar-refractivity contribution in [1.29, 1.82) is 0 Å². The number of benzene rings is 1. The van der Waals surface area contributed by atoms with Crippen molar-refractivity contribution >= 4 is 27.4 Å². The van der Waals surface area contributed by atoms with Gasteiger partial charge in [0.05, 0.1) is 7.11 Å². The fourth-order valence-electron chi connectivity index (χ4n) is 1.41. The van der Waals surface area contributed by atoms with E-state index in [1.54, 1.807) is 6.07 Å². The SMILES string of the molecule is COc1c(C(=O)O)sc2cc(O)ccc12. The molecule has 0 radical (unpaired) electrons. The van der Waals surface area contributed by atoms with E-state index in [0.717, 1.165) is 11.3 Å². The molecule has 4 nitrogen and oxygen atoms in total. The van der Waals surface area contributed by atoms with E-state index in [4.69, 9.17) is 9.84 Å². The molecule has 2 aromatic rings. The first-order chi connectivity index (χ1) is 7.13. The number of methoxy groups -OCH3 is 1. The van der Waals surface area contributed by atoms with Crippen LogP contribution in [-0.4, -0.2) is 23.3 Å². The number of carboxylic acids is 1. The normalized spacial score (nSPS) is 10.5. The quantitative estimate of drug-likeness (QED) is 0.821. The third kappa shape index (κ3) is 1.50. The number of hydrogen-bond acceptors (Lipinski definition) is 4. The maximum Gasteiger partial charge on any atom is 0.349 e. The Labute approximate surface area is 89.3 Å². The number of phenols is 1. The van der Waals surface area contributed by atoms with Crippen LogP contribution in [0.25, 0.3) is 10.1 Å². The van der Waals surface area contributed by atoms with Crippen molar-refractivity contribution in [2.24, 2.45) is 0 Å². The highest BCUT2D eigenvalue weighted by molar-refractivity contribution is 7.21. The average Bonchev–Trinajstić information content (AvgIpc) is 2.55. The van der Waals surface area contributed by atoms with Gasteiger partial charge in [0, 0.05) is 10.1 Å². The topological polar surface area (TPSA) is 66.8 Å². The Morgan fingerprint density at radius 2 is 2.20 bits per heavy atom. The second-order valence-corrected chi connectivity index (χ2v) is 4.00. The van der Waals surface area contributed by atoms with E-state index in [9.17, 15) is 9.90 Å². The highest BCUT2D eigenvalue weighted by Crippen LogP contribution is 2.38. The molecule has 0 spiro atoms. The maximum atomic E-state index is 10.9. The first kappa shape index (κ1) is 9.79. The van der Waals surface area contributed by atoms with Crippen molar-refractivity contribution in [2.45, 2.75) is 0 Å². The van der Waals surface area contributed by atoms with Crippen LogP contribution >= 0.6 is 11.3 Å². The van der Waals surface area contributed by atoms with Crippen molar-refractivity contribution < 1.29 is 19.7 Å². The zero-order valence-corrected chi connectivity index (χ0v) is 8.67. The van der Waals surface area contributed by atoms with Crippen LogP contribution in [0.15, 0.2) is 18.2 Å². The van der Waals surface area contributed by atoms with Gasteiger partial charge >= 0.3 is 5.97 Å². The van der Waals surface area contributed by atoms with Crippen LogP contribution in [0.4, 0.5) is 0 Å².